The van der Waals surface area contributed by atoms with Crippen molar-refractivity contribution in [3.05, 3.63) is 22.8 Å². The van der Waals surface area contributed by atoms with Crippen molar-refractivity contribution in [1.29, 1.82) is 0 Å². The number of nitrogens with one attached hydrogen (secondary N) is 1. The minimum atomic E-state index is 0.458. The number of hydrogen-bond donors (Lipinski definition) is 1. The first kappa shape index (κ1) is 16.6. The molecule has 1 fully saturated rings. The summed E-state index contributed by atoms with van der Waals surface area (Å²) >= 11 is 6.29. The van der Waals surface area contributed by atoms with E-state index >= 15 is 0 Å². The largest absolute Gasteiger partial charge is 0.354 e. The van der Waals surface area contributed by atoms with Crippen molar-refractivity contribution in [3.8, 4) is 0 Å². The van der Waals surface area contributed by atoms with Crippen LogP contribution in [0, 0.1) is 0 Å². The lowest BCUT2D eigenvalue weighted by Gasteiger charge is -2.28. The van der Waals surface area contributed by atoms with E-state index in [0.29, 0.717) is 12.1 Å². The number of unbranched alkanes of at least 4 members (excludes halogenated alkanes) is 2. The number of anilines is 1. The molecule has 1 N–H and O–H groups in total. The third kappa shape index (κ3) is 5.15. The SMILES string of the molecule is CCCCCN(c1cc(CNC2CC2)c(Cl)cn1)C(C)C. The minimum Gasteiger partial charge on any atom is -0.354 e. The molecule has 118 valence electrons. The highest BCUT2D eigenvalue weighted by molar-refractivity contribution is 6.31. The van der Waals surface area contributed by atoms with Crippen molar-refractivity contribution in [3.63, 3.8) is 0 Å². The van der Waals surface area contributed by atoms with Gasteiger partial charge in [-0.15, -0.1) is 0 Å². The van der Waals surface area contributed by atoms with Crippen molar-refractivity contribution < 1.29 is 0 Å². The lowest BCUT2D eigenvalue weighted by Crippen LogP contribution is -2.32. The number of halogens is 1. The summed E-state index contributed by atoms with van der Waals surface area (Å²) in [5, 5.41) is 4.30. The van der Waals surface area contributed by atoms with Crippen LogP contribution in [-0.4, -0.2) is 23.6 Å². The van der Waals surface area contributed by atoms with E-state index in [9.17, 15) is 0 Å². The van der Waals surface area contributed by atoms with Gasteiger partial charge in [0.1, 0.15) is 5.82 Å². The molecule has 3 nitrogen and oxygen atoms in total. The van der Waals surface area contributed by atoms with Gasteiger partial charge in [0, 0.05) is 31.4 Å². The fourth-order valence-electron chi connectivity index (χ4n) is 2.47. The number of hydrogen-bond acceptors (Lipinski definition) is 3. The molecule has 1 heterocycles. The van der Waals surface area contributed by atoms with Crippen LogP contribution in [0.4, 0.5) is 5.82 Å². The maximum absolute atomic E-state index is 6.29. The average molecular weight is 310 g/mol. The fraction of sp³-hybridized carbons (Fsp3) is 0.706. The molecule has 1 aliphatic rings. The monoisotopic (exact) mass is 309 g/mol. The maximum atomic E-state index is 6.29. The van der Waals surface area contributed by atoms with Crippen molar-refractivity contribution in [1.82, 2.24) is 10.3 Å². The molecule has 21 heavy (non-hydrogen) atoms. The van der Waals surface area contributed by atoms with E-state index in [4.69, 9.17) is 11.6 Å². The number of aromatic nitrogens is 1. The standard InChI is InChI=1S/C17H28ClN3/c1-4-5-6-9-21(13(2)3)17-10-14(16(18)12-20-17)11-19-15-7-8-15/h10,12-13,15,19H,4-9,11H2,1-3H3. The Bertz CT molecular complexity index is 444. The second-order valence-electron chi connectivity index (χ2n) is 6.28. The summed E-state index contributed by atoms with van der Waals surface area (Å²) in [5.74, 6) is 1.05. The Kier molecular flexibility index (Phi) is 6.31. The molecule has 0 aromatic carbocycles. The normalized spacial score (nSPS) is 14.7. The third-order valence-electron chi connectivity index (χ3n) is 4.00. The Balaban J connectivity index is 2.05. The van der Waals surface area contributed by atoms with E-state index < -0.39 is 0 Å². The van der Waals surface area contributed by atoms with Gasteiger partial charge in [0.2, 0.25) is 0 Å². The van der Waals surface area contributed by atoms with Crippen LogP contribution < -0.4 is 10.2 Å². The summed E-state index contributed by atoms with van der Waals surface area (Å²) < 4.78 is 0. The Morgan fingerprint density at radius 1 is 1.38 bits per heavy atom. The van der Waals surface area contributed by atoms with E-state index in [0.717, 1.165) is 29.5 Å². The molecule has 1 aromatic rings. The highest BCUT2D eigenvalue weighted by Crippen LogP contribution is 2.24. The molecule has 0 unspecified atom stereocenters. The zero-order chi connectivity index (χ0) is 15.2. The van der Waals surface area contributed by atoms with Crippen LogP contribution in [0.2, 0.25) is 5.02 Å². The second kappa shape index (κ2) is 8.00. The van der Waals surface area contributed by atoms with Gasteiger partial charge >= 0.3 is 0 Å². The van der Waals surface area contributed by atoms with E-state index in [1.165, 1.54) is 32.1 Å². The summed E-state index contributed by atoms with van der Waals surface area (Å²) in [6, 6.07) is 3.31. The van der Waals surface area contributed by atoms with Crippen LogP contribution in [0.15, 0.2) is 12.3 Å². The highest BCUT2D eigenvalue weighted by Gasteiger charge is 2.21. The lowest BCUT2D eigenvalue weighted by molar-refractivity contribution is 0.618. The van der Waals surface area contributed by atoms with Crippen LogP contribution in [0.25, 0.3) is 0 Å². The quantitative estimate of drug-likeness (QED) is 0.686. The molecule has 0 amide bonds. The molecule has 0 atom stereocenters. The predicted octanol–water partition coefficient (Wildman–Crippen LogP) is 4.39. The first-order valence-electron chi connectivity index (χ1n) is 8.26. The lowest BCUT2D eigenvalue weighted by atomic mass is 10.2. The summed E-state index contributed by atoms with van der Waals surface area (Å²) in [7, 11) is 0. The van der Waals surface area contributed by atoms with Gasteiger partial charge in [-0.05, 0) is 44.7 Å². The molecule has 1 aliphatic carbocycles. The van der Waals surface area contributed by atoms with E-state index in [-0.39, 0.29) is 0 Å². The van der Waals surface area contributed by atoms with E-state index in [1.807, 2.05) is 0 Å². The summed E-state index contributed by atoms with van der Waals surface area (Å²) in [6.07, 6.45) is 8.13. The highest BCUT2D eigenvalue weighted by atomic mass is 35.5. The zero-order valence-corrected chi connectivity index (χ0v) is 14.3. The first-order chi connectivity index (χ1) is 10.1. The van der Waals surface area contributed by atoms with Crippen LogP contribution in [0.5, 0.6) is 0 Å². The second-order valence-corrected chi connectivity index (χ2v) is 6.69. The fourth-order valence-corrected chi connectivity index (χ4v) is 2.64. The molecule has 0 saturated heterocycles. The molecule has 2 rings (SSSR count). The predicted molar refractivity (Wildman–Crippen MR) is 91.1 cm³/mol. The number of rotatable bonds is 9. The van der Waals surface area contributed by atoms with Gasteiger partial charge in [0.25, 0.3) is 0 Å². The molecule has 0 radical (unpaired) electrons. The molecule has 4 heteroatoms. The summed E-state index contributed by atoms with van der Waals surface area (Å²) in [4.78, 5) is 6.93. The number of nitrogens with zero attached hydrogens (tertiary/aromatic N) is 2. The Morgan fingerprint density at radius 3 is 2.76 bits per heavy atom. The van der Waals surface area contributed by atoms with Gasteiger partial charge < -0.3 is 10.2 Å². The Labute approximate surface area is 134 Å². The Hall–Kier alpha value is -0.800. The van der Waals surface area contributed by atoms with Crippen LogP contribution >= 0.6 is 11.6 Å². The van der Waals surface area contributed by atoms with Crippen LogP contribution in [0.3, 0.4) is 0 Å². The molecule has 0 spiro atoms. The van der Waals surface area contributed by atoms with Crippen molar-refractivity contribution in [2.75, 3.05) is 11.4 Å². The van der Waals surface area contributed by atoms with E-state index in [1.54, 1.807) is 6.20 Å². The van der Waals surface area contributed by atoms with Crippen molar-refractivity contribution in [2.45, 2.75) is 71.5 Å². The average Bonchev–Trinajstić information content (AvgIpc) is 3.27. The smallest absolute Gasteiger partial charge is 0.129 e. The maximum Gasteiger partial charge on any atom is 0.129 e. The molecular formula is C17H28ClN3. The van der Waals surface area contributed by atoms with Gasteiger partial charge in [-0.3, -0.25) is 0 Å². The Morgan fingerprint density at radius 2 is 2.14 bits per heavy atom. The van der Waals surface area contributed by atoms with Gasteiger partial charge in [-0.25, -0.2) is 4.98 Å². The van der Waals surface area contributed by atoms with Gasteiger partial charge in [-0.2, -0.15) is 0 Å². The van der Waals surface area contributed by atoms with Crippen LogP contribution in [0.1, 0.15) is 58.4 Å². The number of pyridine rings is 1. The van der Waals surface area contributed by atoms with Crippen molar-refractivity contribution in [2.24, 2.45) is 0 Å². The summed E-state index contributed by atoms with van der Waals surface area (Å²) in [5.41, 5.74) is 1.16. The molecule has 0 bridgehead atoms. The first-order valence-corrected chi connectivity index (χ1v) is 8.64. The minimum absolute atomic E-state index is 0.458. The molecular weight excluding hydrogens is 282 g/mol. The molecule has 1 saturated carbocycles. The third-order valence-corrected chi connectivity index (χ3v) is 4.34. The van der Waals surface area contributed by atoms with Gasteiger partial charge in [0.15, 0.2) is 0 Å². The van der Waals surface area contributed by atoms with Crippen LogP contribution in [-0.2, 0) is 6.54 Å². The van der Waals surface area contributed by atoms with Gasteiger partial charge in [-0.1, -0.05) is 31.4 Å². The molecule has 1 aromatic heterocycles. The topological polar surface area (TPSA) is 28.2 Å². The van der Waals surface area contributed by atoms with E-state index in [2.05, 4.69) is 42.0 Å². The van der Waals surface area contributed by atoms with Crippen molar-refractivity contribution >= 4 is 17.4 Å². The molecule has 0 aliphatic heterocycles. The summed E-state index contributed by atoms with van der Waals surface area (Å²) in [6.45, 7) is 8.60. The van der Waals surface area contributed by atoms with Gasteiger partial charge in [0.05, 0.1) is 5.02 Å². The zero-order valence-electron chi connectivity index (χ0n) is 13.5.